The number of rotatable bonds is 5. The van der Waals surface area contributed by atoms with Gasteiger partial charge in [0.2, 0.25) is 0 Å². The minimum absolute atomic E-state index is 0.0470. The van der Waals surface area contributed by atoms with Gasteiger partial charge in [0, 0.05) is 11.4 Å². The molecular weight excluding hydrogens is 333 g/mol. The average molecular weight is 348 g/mol. The maximum atomic E-state index is 13.1. The highest BCUT2D eigenvalue weighted by Crippen LogP contribution is 2.27. The number of halogens is 2. The summed E-state index contributed by atoms with van der Waals surface area (Å²) < 4.78 is 18.5. The highest BCUT2D eigenvalue weighted by molar-refractivity contribution is 6.32. The van der Waals surface area contributed by atoms with Crippen molar-refractivity contribution in [2.24, 2.45) is 0 Å². The SMILES string of the molecule is Cc1cc(C)nc([C@H](C#N)C(=O)[C@H](C)Oc2ccc(F)cc2Cl)n1. The second kappa shape index (κ2) is 7.37. The number of benzene rings is 1. The molecule has 0 amide bonds. The first-order valence-electron chi connectivity index (χ1n) is 7.19. The van der Waals surface area contributed by atoms with Crippen LogP contribution in [-0.2, 0) is 4.79 Å². The minimum atomic E-state index is -1.15. The monoisotopic (exact) mass is 347 g/mol. The van der Waals surface area contributed by atoms with Crippen molar-refractivity contribution in [2.75, 3.05) is 0 Å². The fourth-order valence-electron chi connectivity index (χ4n) is 2.18. The number of ether oxygens (including phenoxy) is 1. The molecule has 0 saturated heterocycles. The maximum absolute atomic E-state index is 13.1. The number of carbonyl (C=O) groups is 1. The van der Waals surface area contributed by atoms with E-state index < -0.39 is 23.6 Å². The van der Waals surface area contributed by atoms with Crippen LogP contribution in [0.15, 0.2) is 24.3 Å². The van der Waals surface area contributed by atoms with Gasteiger partial charge < -0.3 is 4.74 Å². The molecule has 124 valence electrons. The Labute approximate surface area is 144 Å². The number of hydrogen-bond acceptors (Lipinski definition) is 5. The molecule has 1 aromatic carbocycles. The van der Waals surface area contributed by atoms with Gasteiger partial charge in [-0.1, -0.05) is 11.6 Å². The lowest BCUT2D eigenvalue weighted by Crippen LogP contribution is -2.30. The molecule has 7 heteroatoms. The summed E-state index contributed by atoms with van der Waals surface area (Å²) in [5, 5.41) is 9.40. The summed E-state index contributed by atoms with van der Waals surface area (Å²) in [6.45, 7) is 5.01. The number of ketones is 1. The van der Waals surface area contributed by atoms with Crippen molar-refractivity contribution in [3.8, 4) is 11.8 Å². The molecule has 0 unspecified atom stereocenters. The van der Waals surface area contributed by atoms with Crippen LogP contribution in [0, 0.1) is 31.0 Å². The highest BCUT2D eigenvalue weighted by atomic mass is 35.5. The van der Waals surface area contributed by atoms with E-state index in [1.807, 2.05) is 6.07 Å². The van der Waals surface area contributed by atoms with E-state index in [2.05, 4.69) is 9.97 Å². The molecule has 0 N–H and O–H groups in total. The molecule has 24 heavy (non-hydrogen) atoms. The number of carbonyl (C=O) groups excluding carboxylic acids is 1. The third kappa shape index (κ3) is 4.06. The van der Waals surface area contributed by atoms with Crippen molar-refractivity contribution in [3.05, 3.63) is 52.3 Å². The Bertz CT molecular complexity index is 800. The zero-order valence-electron chi connectivity index (χ0n) is 13.4. The fourth-order valence-corrected chi connectivity index (χ4v) is 2.40. The van der Waals surface area contributed by atoms with Crippen LogP contribution in [0.2, 0.25) is 5.02 Å². The van der Waals surface area contributed by atoms with Crippen molar-refractivity contribution in [1.82, 2.24) is 9.97 Å². The van der Waals surface area contributed by atoms with Crippen LogP contribution in [0.1, 0.15) is 30.1 Å². The summed E-state index contributed by atoms with van der Waals surface area (Å²) in [5.41, 5.74) is 1.33. The van der Waals surface area contributed by atoms with Crippen LogP contribution in [-0.4, -0.2) is 21.9 Å². The molecule has 5 nitrogen and oxygen atoms in total. The van der Waals surface area contributed by atoms with Crippen LogP contribution >= 0.6 is 11.6 Å². The number of hydrogen-bond donors (Lipinski definition) is 0. The molecule has 0 fully saturated rings. The van der Waals surface area contributed by atoms with Gasteiger partial charge >= 0.3 is 0 Å². The zero-order chi connectivity index (χ0) is 17.9. The van der Waals surface area contributed by atoms with Gasteiger partial charge in [0.1, 0.15) is 11.6 Å². The molecule has 0 saturated carbocycles. The summed E-state index contributed by atoms with van der Waals surface area (Å²) in [6.07, 6.45) is -0.970. The van der Waals surface area contributed by atoms with Gasteiger partial charge in [0.15, 0.2) is 23.6 Å². The van der Waals surface area contributed by atoms with E-state index in [9.17, 15) is 14.4 Å². The van der Waals surface area contributed by atoms with E-state index >= 15 is 0 Å². The molecule has 0 aliphatic rings. The lowest BCUT2D eigenvalue weighted by Gasteiger charge is -2.17. The van der Waals surface area contributed by atoms with E-state index in [1.165, 1.54) is 19.1 Å². The topological polar surface area (TPSA) is 75.9 Å². The quantitative estimate of drug-likeness (QED) is 0.827. The summed E-state index contributed by atoms with van der Waals surface area (Å²) in [7, 11) is 0. The van der Waals surface area contributed by atoms with Gasteiger partial charge in [-0.2, -0.15) is 5.26 Å². The van der Waals surface area contributed by atoms with Crippen LogP contribution in [0.4, 0.5) is 4.39 Å². The predicted octanol–water partition coefficient (Wildman–Crippen LogP) is 3.53. The molecule has 2 atom stereocenters. The van der Waals surface area contributed by atoms with Gasteiger partial charge in [-0.25, -0.2) is 14.4 Å². The first kappa shape index (κ1) is 17.8. The highest BCUT2D eigenvalue weighted by Gasteiger charge is 2.29. The maximum Gasteiger partial charge on any atom is 0.197 e. The second-order valence-electron chi connectivity index (χ2n) is 5.31. The Kier molecular flexibility index (Phi) is 5.47. The molecule has 2 aromatic rings. The Morgan fingerprint density at radius 3 is 2.46 bits per heavy atom. The Balaban J connectivity index is 2.23. The molecule has 2 rings (SSSR count). The molecule has 0 aliphatic carbocycles. The van der Waals surface area contributed by atoms with Crippen molar-refractivity contribution in [2.45, 2.75) is 32.8 Å². The van der Waals surface area contributed by atoms with Crippen LogP contribution in [0.5, 0.6) is 5.75 Å². The summed E-state index contributed by atoms with van der Waals surface area (Å²) >= 11 is 5.88. The number of nitrogens with zero attached hydrogens (tertiary/aromatic N) is 3. The number of aryl methyl sites for hydroxylation is 2. The van der Waals surface area contributed by atoms with Gasteiger partial charge in [-0.3, -0.25) is 4.79 Å². The van der Waals surface area contributed by atoms with Gasteiger partial charge in [-0.15, -0.1) is 0 Å². The van der Waals surface area contributed by atoms with Gasteiger partial charge in [0.25, 0.3) is 0 Å². The van der Waals surface area contributed by atoms with Crippen LogP contribution < -0.4 is 4.74 Å². The van der Waals surface area contributed by atoms with Crippen molar-refractivity contribution >= 4 is 17.4 Å². The van der Waals surface area contributed by atoms with E-state index in [0.717, 1.165) is 6.07 Å². The molecule has 0 bridgehead atoms. The molecule has 1 aromatic heterocycles. The summed E-state index contributed by atoms with van der Waals surface area (Å²) in [4.78, 5) is 20.9. The predicted molar refractivity (Wildman–Crippen MR) is 86.4 cm³/mol. The molecule has 0 radical (unpaired) electrons. The van der Waals surface area contributed by atoms with Crippen LogP contribution in [0.3, 0.4) is 0 Å². The normalized spacial score (nSPS) is 13.0. The van der Waals surface area contributed by atoms with Crippen molar-refractivity contribution in [3.63, 3.8) is 0 Å². The Morgan fingerprint density at radius 2 is 1.92 bits per heavy atom. The third-order valence-electron chi connectivity index (χ3n) is 3.27. The molecule has 1 heterocycles. The largest absolute Gasteiger partial charge is 0.481 e. The lowest BCUT2D eigenvalue weighted by molar-refractivity contribution is -0.125. The number of nitriles is 1. The van der Waals surface area contributed by atoms with Crippen LogP contribution in [0.25, 0.3) is 0 Å². The van der Waals surface area contributed by atoms with E-state index in [0.29, 0.717) is 11.4 Å². The van der Waals surface area contributed by atoms with E-state index in [-0.39, 0.29) is 16.6 Å². The Hall–Kier alpha value is -2.52. The summed E-state index contributed by atoms with van der Waals surface area (Å²) in [6, 6.07) is 7.26. The Morgan fingerprint density at radius 1 is 1.29 bits per heavy atom. The summed E-state index contributed by atoms with van der Waals surface area (Å²) in [5.74, 6) is -1.86. The first-order valence-corrected chi connectivity index (χ1v) is 7.57. The zero-order valence-corrected chi connectivity index (χ0v) is 14.1. The molecule has 0 aliphatic heterocycles. The number of Topliss-reactive ketones (excluding diaryl/α,β-unsaturated/α-hetero) is 1. The second-order valence-corrected chi connectivity index (χ2v) is 5.72. The van der Waals surface area contributed by atoms with Gasteiger partial charge in [-0.05, 0) is 45.0 Å². The smallest absolute Gasteiger partial charge is 0.197 e. The van der Waals surface area contributed by atoms with E-state index in [1.54, 1.807) is 19.9 Å². The molecule has 0 spiro atoms. The van der Waals surface area contributed by atoms with Crippen molar-refractivity contribution < 1.29 is 13.9 Å². The third-order valence-corrected chi connectivity index (χ3v) is 3.57. The van der Waals surface area contributed by atoms with Gasteiger partial charge in [0.05, 0.1) is 11.1 Å². The minimum Gasteiger partial charge on any atom is -0.481 e. The lowest BCUT2D eigenvalue weighted by atomic mass is 10.0. The van der Waals surface area contributed by atoms with Crippen molar-refractivity contribution in [1.29, 1.82) is 5.26 Å². The fraction of sp³-hybridized carbons (Fsp3) is 0.294. The average Bonchev–Trinajstić information content (AvgIpc) is 2.49. The van der Waals surface area contributed by atoms with E-state index in [4.69, 9.17) is 16.3 Å². The molecular formula is C17H15ClFN3O2. The first-order chi connectivity index (χ1) is 11.3. The standard InChI is InChI=1S/C17H15ClFN3O2/c1-9-6-10(2)22-17(21-9)13(8-20)16(23)11(3)24-15-5-4-12(19)7-14(15)18/h4-7,11,13H,1-3H3/t11-,13+/m0/s1. The number of aromatic nitrogens is 2.